The maximum absolute atomic E-state index is 8.91. The maximum Gasteiger partial charge on any atom is 0.165 e. The summed E-state index contributed by atoms with van der Waals surface area (Å²) < 4.78 is 7.33. The summed E-state index contributed by atoms with van der Waals surface area (Å²) in [6.45, 7) is 5.19. The third-order valence-electron chi connectivity index (χ3n) is 3.57. The van der Waals surface area contributed by atoms with E-state index < -0.39 is 0 Å². The molecule has 0 fully saturated rings. The number of ether oxygens (including phenoxy) is 1. The Bertz CT molecular complexity index is 813. The van der Waals surface area contributed by atoms with Gasteiger partial charge in [-0.25, -0.2) is 9.50 Å². The zero-order valence-electron chi connectivity index (χ0n) is 13.3. The molecule has 0 amide bonds. The first-order chi connectivity index (χ1) is 11.2. The van der Waals surface area contributed by atoms with Gasteiger partial charge in [-0.05, 0) is 43.2 Å². The Morgan fingerprint density at radius 2 is 2.17 bits per heavy atom. The molecule has 2 N–H and O–H groups in total. The molecule has 6 nitrogen and oxygen atoms in total. The fourth-order valence-electron chi connectivity index (χ4n) is 2.49. The van der Waals surface area contributed by atoms with Gasteiger partial charge in [0.1, 0.15) is 11.6 Å². The third kappa shape index (κ3) is 3.12. The van der Waals surface area contributed by atoms with Gasteiger partial charge in [-0.1, -0.05) is 6.07 Å². The van der Waals surface area contributed by atoms with Gasteiger partial charge in [-0.2, -0.15) is 5.10 Å². The summed E-state index contributed by atoms with van der Waals surface area (Å²) in [5, 5.41) is 16.3. The van der Waals surface area contributed by atoms with Gasteiger partial charge in [0.05, 0.1) is 19.4 Å². The average Bonchev–Trinajstić information content (AvgIpc) is 2.98. The smallest absolute Gasteiger partial charge is 0.165 e. The first-order valence-corrected chi connectivity index (χ1v) is 7.66. The Hall–Kier alpha value is -2.60. The highest BCUT2D eigenvalue weighted by Crippen LogP contribution is 2.28. The second-order valence-corrected chi connectivity index (χ2v) is 5.20. The number of anilines is 1. The zero-order valence-corrected chi connectivity index (χ0v) is 13.3. The van der Waals surface area contributed by atoms with E-state index in [1.807, 2.05) is 44.4 Å². The van der Waals surface area contributed by atoms with Crippen molar-refractivity contribution in [2.75, 3.05) is 25.1 Å². The lowest BCUT2D eigenvalue weighted by atomic mass is 10.1. The molecule has 0 saturated heterocycles. The van der Waals surface area contributed by atoms with Crippen LogP contribution in [0.4, 0.5) is 5.82 Å². The predicted molar refractivity (Wildman–Crippen MR) is 89.9 cm³/mol. The molecule has 0 aliphatic rings. The highest BCUT2D eigenvalue weighted by atomic mass is 16.5. The molecule has 0 saturated carbocycles. The topological polar surface area (TPSA) is 71.7 Å². The number of hydrogen-bond donors (Lipinski definition) is 2. The summed E-state index contributed by atoms with van der Waals surface area (Å²) in [5.74, 6) is 1.61. The van der Waals surface area contributed by atoms with Crippen molar-refractivity contribution in [3.05, 3.63) is 42.2 Å². The number of rotatable bonds is 6. The van der Waals surface area contributed by atoms with Gasteiger partial charge in [-0.15, -0.1) is 0 Å². The second kappa shape index (κ2) is 6.66. The lowest BCUT2D eigenvalue weighted by Crippen LogP contribution is -2.07. The molecule has 0 unspecified atom stereocenters. The van der Waals surface area contributed by atoms with Crippen LogP contribution in [-0.4, -0.2) is 39.5 Å². The summed E-state index contributed by atoms with van der Waals surface area (Å²) in [4.78, 5) is 4.58. The van der Waals surface area contributed by atoms with Crippen LogP contribution in [-0.2, 0) is 0 Å². The van der Waals surface area contributed by atoms with E-state index in [1.165, 1.54) is 0 Å². The SMILES string of the molecule is CCOc1ccc(-c2cnn3ccc(NCCO)nc23)cc1C. The first-order valence-electron chi connectivity index (χ1n) is 7.66. The van der Waals surface area contributed by atoms with Crippen molar-refractivity contribution in [2.45, 2.75) is 13.8 Å². The van der Waals surface area contributed by atoms with Gasteiger partial charge in [0.2, 0.25) is 0 Å². The number of aryl methyl sites for hydroxylation is 1. The number of aromatic nitrogens is 3. The van der Waals surface area contributed by atoms with Crippen molar-refractivity contribution in [2.24, 2.45) is 0 Å². The van der Waals surface area contributed by atoms with E-state index in [1.54, 1.807) is 4.52 Å². The summed E-state index contributed by atoms with van der Waals surface area (Å²) in [6.07, 6.45) is 3.67. The van der Waals surface area contributed by atoms with Crippen molar-refractivity contribution < 1.29 is 9.84 Å². The van der Waals surface area contributed by atoms with Crippen LogP contribution in [0, 0.1) is 6.92 Å². The van der Waals surface area contributed by atoms with Crippen LogP contribution in [0.3, 0.4) is 0 Å². The minimum atomic E-state index is 0.0665. The third-order valence-corrected chi connectivity index (χ3v) is 3.57. The highest BCUT2D eigenvalue weighted by molar-refractivity contribution is 5.78. The van der Waals surface area contributed by atoms with E-state index in [9.17, 15) is 0 Å². The Kier molecular flexibility index (Phi) is 4.43. The molecule has 2 heterocycles. The van der Waals surface area contributed by atoms with E-state index in [4.69, 9.17) is 9.84 Å². The second-order valence-electron chi connectivity index (χ2n) is 5.20. The minimum Gasteiger partial charge on any atom is -0.494 e. The summed E-state index contributed by atoms with van der Waals surface area (Å²) in [7, 11) is 0. The normalized spacial score (nSPS) is 10.9. The summed E-state index contributed by atoms with van der Waals surface area (Å²) in [6, 6.07) is 7.91. The largest absolute Gasteiger partial charge is 0.494 e. The number of benzene rings is 1. The summed E-state index contributed by atoms with van der Waals surface area (Å²) >= 11 is 0. The standard InChI is InChI=1S/C17H20N4O2/c1-3-23-15-5-4-13(10-12(15)2)14-11-19-21-8-6-16(18-7-9-22)20-17(14)21/h4-6,8,10-11,22H,3,7,9H2,1-2H3,(H,18,20). The fourth-order valence-corrected chi connectivity index (χ4v) is 2.49. The van der Waals surface area contributed by atoms with Crippen molar-refractivity contribution in [3.8, 4) is 16.9 Å². The van der Waals surface area contributed by atoms with Crippen LogP contribution in [0.15, 0.2) is 36.7 Å². The fraction of sp³-hybridized carbons (Fsp3) is 0.294. The number of nitrogens with one attached hydrogen (secondary N) is 1. The van der Waals surface area contributed by atoms with Crippen molar-refractivity contribution in [1.29, 1.82) is 0 Å². The summed E-state index contributed by atoms with van der Waals surface area (Å²) in [5.41, 5.74) is 3.87. The lowest BCUT2D eigenvalue weighted by molar-refractivity contribution is 0.311. The Morgan fingerprint density at radius 1 is 1.30 bits per heavy atom. The Morgan fingerprint density at radius 3 is 2.91 bits per heavy atom. The van der Waals surface area contributed by atoms with Crippen LogP contribution < -0.4 is 10.1 Å². The molecule has 6 heteroatoms. The van der Waals surface area contributed by atoms with Gasteiger partial charge in [-0.3, -0.25) is 0 Å². The molecule has 1 aromatic carbocycles. The zero-order chi connectivity index (χ0) is 16.2. The van der Waals surface area contributed by atoms with E-state index in [0.717, 1.165) is 33.9 Å². The first kappa shape index (κ1) is 15.3. The highest BCUT2D eigenvalue weighted by Gasteiger charge is 2.10. The van der Waals surface area contributed by atoms with Gasteiger partial charge in [0.25, 0.3) is 0 Å². The number of aliphatic hydroxyl groups is 1. The molecule has 3 aromatic rings. The molecule has 23 heavy (non-hydrogen) atoms. The molecule has 0 atom stereocenters. The maximum atomic E-state index is 8.91. The minimum absolute atomic E-state index is 0.0665. The molecule has 0 spiro atoms. The van der Waals surface area contributed by atoms with Crippen molar-refractivity contribution >= 4 is 11.5 Å². The lowest BCUT2D eigenvalue weighted by Gasteiger charge is -2.09. The van der Waals surface area contributed by atoms with Gasteiger partial charge < -0.3 is 15.2 Å². The molecule has 3 rings (SSSR count). The van der Waals surface area contributed by atoms with Crippen LogP contribution in [0.5, 0.6) is 5.75 Å². The Balaban J connectivity index is 2.00. The van der Waals surface area contributed by atoms with E-state index in [0.29, 0.717) is 13.2 Å². The molecule has 0 radical (unpaired) electrons. The van der Waals surface area contributed by atoms with Crippen molar-refractivity contribution in [1.82, 2.24) is 14.6 Å². The Labute approximate surface area is 134 Å². The van der Waals surface area contributed by atoms with Crippen molar-refractivity contribution in [3.63, 3.8) is 0 Å². The van der Waals surface area contributed by atoms with Crippen LogP contribution in [0.25, 0.3) is 16.8 Å². The molecular weight excluding hydrogens is 292 g/mol. The number of nitrogens with zero attached hydrogens (tertiary/aromatic N) is 3. The number of hydrogen-bond acceptors (Lipinski definition) is 5. The van der Waals surface area contributed by atoms with E-state index in [-0.39, 0.29) is 6.61 Å². The van der Waals surface area contributed by atoms with Gasteiger partial charge in [0, 0.05) is 18.3 Å². The van der Waals surface area contributed by atoms with E-state index in [2.05, 4.69) is 21.5 Å². The quantitative estimate of drug-likeness (QED) is 0.732. The van der Waals surface area contributed by atoms with Crippen LogP contribution >= 0.6 is 0 Å². The predicted octanol–water partition coefficient (Wildman–Crippen LogP) is 2.51. The molecule has 0 aliphatic carbocycles. The van der Waals surface area contributed by atoms with Crippen LogP contribution in [0.1, 0.15) is 12.5 Å². The molecule has 2 aromatic heterocycles. The number of aliphatic hydroxyl groups excluding tert-OH is 1. The molecule has 0 bridgehead atoms. The van der Waals surface area contributed by atoms with Gasteiger partial charge in [0.15, 0.2) is 5.65 Å². The number of fused-ring (bicyclic) bond motifs is 1. The van der Waals surface area contributed by atoms with Gasteiger partial charge >= 0.3 is 0 Å². The average molecular weight is 312 g/mol. The molecular formula is C17H20N4O2. The van der Waals surface area contributed by atoms with Crippen LogP contribution in [0.2, 0.25) is 0 Å². The molecule has 0 aliphatic heterocycles. The van der Waals surface area contributed by atoms with E-state index >= 15 is 0 Å². The monoisotopic (exact) mass is 312 g/mol. The molecule has 120 valence electrons.